The fraction of sp³-hybridized carbons (Fsp3) is 0.421. The molecule has 4 rings (SSSR count). The topological polar surface area (TPSA) is 65.1 Å². The van der Waals surface area contributed by atoms with E-state index in [1.165, 1.54) is 0 Å². The number of aliphatic hydroxyl groups excluding tert-OH is 1. The summed E-state index contributed by atoms with van der Waals surface area (Å²) in [6, 6.07) is 10.5. The van der Waals surface area contributed by atoms with Crippen LogP contribution in [0.3, 0.4) is 0 Å². The maximum atomic E-state index is 10.9. The van der Waals surface area contributed by atoms with E-state index >= 15 is 0 Å². The summed E-state index contributed by atoms with van der Waals surface area (Å²) < 4.78 is 2.33. The molecular formula is C19H23IN4OS. The Morgan fingerprint density at radius 1 is 1.31 bits per heavy atom. The van der Waals surface area contributed by atoms with Gasteiger partial charge in [-0.3, -0.25) is 0 Å². The zero-order valence-corrected chi connectivity index (χ0v) is 17.7. The van der Waals surface area contributed by atoms with Crippen molar-refractivity contribution < 1.29 is 5.11 Å². The van der Waals surface area contributed by atoms with Gasteiger partial charge in [0.15, 0.2) is 0 Å². The van der Waals surface area contributed by atoms with Crippen molar-refractivity contribution in [1.29, 1.82) is 0 Å². The van der Waals surface area contributed by atoms with Crippen molar-refractivity contribution in [2.24, 2.45) is 10.7 Å². The standard InChI is InChI=1S/C19H23IN4OS/c1-12-15-11-13(22-18(21)17-3-2-10-26-17)4-5-16(15)24(19(12)25)14-6-8-23(20)9-7-14/h2-5,10-12,14,19,25H,6-9H2,1H3,(H2,21,22). The molecule has 2 aliphatic heterocycles. The molecule has 0 bridgehead atoms. The first-order valence-electron chi connectivity index (χ1n) is 8.93. The highest BCUT2D eigenvalue weighted by Gasteiger charge is 2.39. The molecule has 1 aromatic heterocycles. The van der Waals surface area contributed by atoms with Gasteiger partial charge in [-0.25, -0.2) is 8.11 Å². The highest BCUT2D eigenvalue weighted by molar-refractivity contribution is 14.1. The van der Waals surface area contributed by atoms with Crippen LogP contribution < -0.4 is 10.6 Å². The van der Waals surface area contributed by atoms with E-state index in [9.17, 15) is 5.11 Å². The number of anilines is 1. The van der Waals surface area contributed by atoms with Gasteiger partial charge in [0.2, 0.25) is 0 Å². The van der Waals surface area contributed by atoms with E-state index in [1.54, 1.807) is 11.3 Å². The Morgan fingerprint density at radius 3 is 2.77 bits per heavy atom. The quantitative estimate of drug-likeness (QED) is 0.302. The van der Waals surface area contributed by atoms with E-state index < -0.39 is 6.23 Å². The minimum Gasteiger partial charge on any atom is -0.383 e. The van der Waals surface area contributed by atoms with E-state index in [1.807, 2.05) is 23.6 Å². The van der Waals surface area contributed by atoms with Crippen molar-refractivity contribution in [2.45, 2.75) is 38.0 Å². The molecule has 3 N–H and O–H groups in total. The van der Waals surface area contributed by atoms with Crippen molar-refractivity contribution in [2.75, 3.05) is 18.0 Å². The molecule has 0 amide bonds. The molecular weight excluding hydrogens is 459 g/mol. The van der Waals surface area contributed by atoms with Gasteiger partial charge >= 0.3 is 0 Å². The molecule has 7 heteroatoms. The number of thiophene rings is 1. The average molecular weight is 482 g/mol. The van der Waals surface area contributed by atoms with E-state index in [0.717, 1.165) is 47.7 Å². The predicted molar refractivity (Wildman–Crippen MR) is 117 cm³/mol. The molecule has 2 aromatic rings. The van der Waals surface area contributed by atoms with Crippen LogP contribution in [0, 0.1) is 0 Å². The number of nitrogens with two attached hydrogens (primary N) is 1. The Kier molecular flexibility index (Phi) is 5.22. The number of hydrogen-bond acceptors (Lipinski definition) is 5. The van der Waals surface area contributed by atoms with Crippen LogP contribution in [0.15, 0.2) is 40.7 Å². The summed E-state index contributed by atoms with van der Waals surface area (Å²) in [5, 5.41) is 12.9. The second-order valence-corrected chi connectivity index (χ2v) is 9.28. The summed E-state index contributed by atoms with van der Waals surface area (Å²) in [4.78, 5) is 7.78. The van der Waals surface area contributed by atoms with Gasteiger partial charge in [-0.1, -0.05) is 13.0 Å². The number of aliphatic imine (C=N–C) groups is 1. The third kappa shape index (κ3) is 3.37. The van der Waals surface area contributed by atoms with Gasteiger partial charge in [0.1, 0.15) is 12.1 Å². The molecule has 1 saturated heterocycles. The van der Waals surface area contributed by atoms with Crippen LogP contribution in [0.5, 0.6) is 0 Å². The minimum atomic E-state index is -0.468. The molecule has 0 saturated carbocycles. The van der Waals surface area contributed by atoms with Gasteiger partial charge in [0.05, 0.1) is 10.6 Å². The molecule has 1 fully saturated rings. The van der Waals surface area contributed by atoms with Gasteiger partial charge in [-0.05, 0) is 48.1 Å². The largest absolute Gasteiger partial charge is 0.383 e. The number of rotatable bonds is 3. The summed E-state index contributed by atoms with van der Waals surface area (Å²) in [5.74, 6) is 0.609. The van der Waals surface area contributed by atoms with Crippen molar-refractivity contribution in [3.63, 3.8) is 0 Å². The zero-order chi connectivity index (χ0) is 18.3. The van der Waals surface area contributed by atoms with Crippen LogP contribution in [-0.2, 0) is 0 Å². The van der Waals surface area contributed by atoms with Gasteiger partial charge in [0.25, 0.3) is 0 Å². The summed E-state index contributed by atoms with van der Waals surface area (Å²) in [7, 11) is 0. The number of amidine groups is 1. The van der Waals surface area contributed by atoms with Crippen molar-refractivity contribution in [3.05, 3.63) is 46.2 Å². The van der Waals surface area contributed by atoms with Crippen LogP contribution >= 0.6 is 34.2 Å². The normalized spacial score (nSPS) is 24.9. The lowest BCUT2D eigenvalue weighted by atomic mass is 10.0. The fourth-order valence-electron chi connectivity index (χ4n) is 3.90. The third-order valence-electron chi connectivity index (χ3n) is 5.34. The Morgan fingerprint density at radius 2 is 2.08 bits per heavy atom. The Hall–Kier alpha value is -1.16. The van der Waals surface area contributed by atoms with Crippen molar-refractivity contribution in [1.82, 2.24) is 3.11 Å². The number of benzene rings is 1. The fourth-order valence-corrected chi connectivity index (χ4v) is 5.08. The maximum Gasteiger partial charge on any atom is 0.141 e. The first-order valence-corrected chi connectivity index (χ1v) is 10.8. The Balaban J connectivity index is 1.62. The van der Waals surface area contributed by atoms with Crippen LogP contribution in [0.2, 0.25) is 0 Å². The molecule has 2 atom stereocenters. The number of aliphatic hydroxyl groups is 1. The highest BCUT2D eigenvalue weighted by atomic mass is 127. The Labute approximate surface area is 172 Å². The first kappa shape index (κ1) is 18.2. The lowest BCUT2D eigenvalue weighted by Crippen LogP contribution is -2.46. The number of halogens is 1. The van der Waals surface area contributed by atoms with Crippen LogP contribution in [0.4, 0.5) is 11.4 Å². The lowest BCUT2D eigenvalue weighted by Gasteiger charge is -2.38. The molecule has 0 radical (unpaired) electrons. The number of fused-ring (bicyclic) bond motifs is 1. The summed E-state index contributed by atoms with van der Waals surface area (Å²) in [6.07, 6.45) is 1.69. The zero-order valence-electron chi connectivity index (χ0n) is 14.7. The molecule has 26 heavy (non-hydrogen) atoms. The molecule has 138 valence electrons. The van der Waals surface area contributed by atoms with Gasteiger partial charge in [-0.2, -0.15) is 0 Å². The summed E-state index contributed by atoms with van der Waals surface area (Å²) >= 11 is 3.97. The number of nitrogens with zero attached hydrogens (tertiary/aromatic N) is 3. The van der Waals surface area contributed by atoms with Crippen LogP contribution in [0.25, 0.3) is 0 Å². The van der Waals surface area contributed by atoms with E-state index in [4.69, 9.17) is 5.73 Å². The maximum absolute atomic E-state index is 10.9. The number of hydrogen-bond donors (Lipinski definition) is 2. The molecule has 2 aliphatic rings. The second kappa shape index (κ2) is 7.46. The van der Waals surface area contributed by atoms with Gasteiger partial charge in [0, 0.05) is 53.6 Å². The molecule has 0 aliphatic carbocycles. The highest BCUT2D eigenvalue weighted by Crippen LogP contribution is 2.44. The van der Waals surface area contributed by atoms with Crippen molar-refractivity contribution in [3.8, 4) is 0 Å². The number of piperidine rings is 1. The van der Waals surface area contributed by atoms with Gasteiger partial charge in [-0.15, -0.1) is 11.3 Å². The predicted octanol–water partition coefficient (Wildman–Crippen LogP) is 3.84. The molecule has 3 heterocycles. The van der Waals surface area contributed by atoms with E-state index in [2.05, 4.69) is 54.9 Å². The molecule has 0 spiro atoms. The van der Waals surface area contributed by atoms with Crippen LogP contribution in [-0.4, -0.2) is 39.4 Å². The van der Waals surface area contributed by atoms with E-state index in [-0.39, 0.29) is 5.92 Å². The van der Waals surface area contributed by atoms with Crippen molar-refractivity contribution >= 4 is 51.4 Å². The monoisotopic (exact) mass is 482 g/mol. The Bertz CT molecular complexity index is 802. The first-order chi connectivity index (χ1) is 12.5. The molecule has 2 unspecified atom stereocenters. The van der Waals surface area contributed by atoms with E-state index in [0.29, 0.717) is 11.9 Å². The second-order valence-electron chi connectivity index (χ2n) is 6.97. The smallest absolute Gasteiger partial charge is 0.141 e. The van der Waals surface area contributed by atoms with Gasteiger partial charge < -0.3 is 15.7 Å². The summed E-state index contributed by atoms with van der Waals surface area (Å²) in [6.45, 7) is 4.23. The summed E-state index contributed by atoms with van der Waals surface area (Å²) in [5.41, 5.74) is 9.28. The third-order valence-corrected chi connectivity index (χ3v) is 7.20. The molecule has 5 nitrogen and oxygen atoms in total. The lowest BCUT2D eigenvalue weighted by molar-refractivity contribution is 0.137. The average Bonchev–Trinajstić information content (AvgIpc) is 3.25. The minimum absolute atomic E-state index is 0.0701. The van der Waals surface area contributed by atoms with Crippen LogP contribution in [0.1, 0.15) is 36.1 Å². The SMILES string of the molecule is CC1c2cc(N=C(N)c3cccs3)ccc2N(C2CCN(I)CC2)C1O. The molecule has 1 aromatic carbocycles.